The van der Waals surface area contributed by atoms with Gasteiger partial charge in [-0.1, -0.05) is 224 Å². The van der Waals surface area contributed by atoms with E-state index in [1.165, 1.54) is 77.5 Å². The molecule has 1 heteroatoms. The molecule has 0 atom stereocenters. The molecule has 10 aromatic carbocycles. The Morgan fingerprint density at radius 3 is 1.33 bits per heavy atom. The number of anilines is 3. The molecule has 0 saturated heterocycles. The molecule has 2 aliphatic rings. The maximum Gasteiger partial charge on any atom is 0.0714 e. The first-order valence-electron chi connectivity index (χ1n) is 21.3. The molecule has 0 N–H and O–H groups in total. The number of hydrogen-bond donors (Lipinski definition) is 0. The third-order valence-corrected chi connectivity index (χ3v) is 13.4. The van der Waals surface area contributed by atoms with Crippen molar-refractivity contribution in [3.8, 4) is 22.3 Å². The van der Waals surface area contributed by atoms with E-state index in [1.807, 2.05) is 0 Å². The Labute approximate surface area is 357 Å². The fourth-order valence-corrected chi connectivity index (χ4v) is 11.0. The van der Waals surface area contributed by atoms with Gasteiger partial charge in [-0.15, -0.1) is 0 Å². The second kappa shape index (κ2) is 13.9. The Morgan fingerprint density at radius 1 is 0.279 bits per heavy atom. The van der Waals surface area contributed by atoms with Gasteiger partial charge in [0.2, 0.25) is 0 Å². The Bertz CT molecular complexity index is 3160. The third kappa shape index (κ3) is 5.01. The molecule has 2 aliphatic carbocycles. The van der Waals surface area contributed by atoms with Gasteiger partial charge in [0, 0.05) is 16.6 Å². The van der Waals surface area contributed by atoms with Crippen molar-refractivity contribution in [1.82, 2.24) is 0 Å². The number of nitrogens with zero attached hydrogens (tertiary/aromatic N) is 1. The van der Waals surface area contributed by atoms with Gasteiger partial charge in [0.15, 0.2) is 0 Å². The fourth-order valence-electron chi connectivity index (χ4n) is 11.0. The molecule has 0 radical (unpaired) electrons. The normalized spacial score (nSPS) is 13.8. The largest absolute Gasteiger partial charge is 0.309 e. The Morgan fingerprint density at radius 2 is 0.705 bits per heavy atom. The van der Waals surface area contributed by atoms with E-state index < -0.39 is 10.8 Å². The summed E-state index contributed by atoms with van der Waals surface area (Å²) in [5, 5.41) is 2.41. The zero-order valence-corrected chi connectivity index (χ0v) is 33.6. The van der Waals surface area contributed by atoms with Crippen LogP contribution in [0.5, 0.6) is 0 Å². The van der Waals surface area contributed by atoms with E-state index in [9.17, 15) is 0 Å². The van der Waals surface area contributed by atoms with Crippen molar-refractivity contribution < 1.29 is 0 Å². The highest BCUT2D eigenvalue weighted by molar-refractivity contribution is 6.04. The monoisotopic (exact) mass is 775 g/mol. The highest BCUT2D eigenvalue weighted by atomic mass is 15.1. The molecule has 0 aliphatic heterocycles. The van der Waals surface area contributed by atoms with Crippen LogP contribution in [0.4, 0.5) is 17.1 Å². The van der Waals surface area contributed by atoms with Crippen molar-refractivity contribution >= 4 is 27.8 Å². The SMILES string of the molecule is c1ccc(C2(c3ccccc3)c3ccccc3-c3cc(N(c4cccc5c4-c4ccccc4C5(c4ccccc4)c4ccccc4)c4cccc5ccccc45)ccc32)cc1. The van der Waals surface area contributed by atoms with Gasteiger partial charge in [0.1, 0.15) is 0 Å². The number of benzene rings is 10. The molecule has 0 heterocycles. The third-order valence-electron chi connectivity index (χ3n) is 13.4. The van der Waals surface area contributed by atoms with Crippen LogP contribution in [0, 0.1) is 0 Å². The van der Waals surface area contributed by atoms with Crippen molar-refractivity contribution in [2.75, 3.05) is 4.90 Å². The second-order valence-electron chi connectivity index (χ2n) is 16.3. The summed E-state index contributed by atoms with van der Waals surface area (Å²) in [6, 6.07) is 92.2. The fraction of sp³-hybridized carbons (Fsp3) is 0.0333. The highest BCUT2D eigenvalue weighted by Crippen LogP contribution is 2.61. The quantitative estimate of drug-likeness (QED) is 0.156. The van der Waals surface area contributed by atoms with E-state index in [1.54, 1.807) is 0 Å². The maximum absolute atomic E-state index is 2.54. The summed E-state index contributed by atoms with van der Waals surface area (Å²) in [4.78, 5) is 2.54. The Balaban J connectivity index is 1.17. The molecule has 0 spiro atoms. The van der Waals surface area contributed by atoms with E-state index in [2.05, 4.69) is 254 Å². The molecule has 0 unspecified atom stereocenters. The number of hydrogen-bond acceptors (Lipinski definition) is 1. The van der Waals surface area contributed by atoms with Crippen LogP contribution in [-0.4, -0.2) is 0 Å². The van der Waals surface area contributed by atoms with Crippen molar-refractivity contribution in [3.63, 3.8) is 0 Å². The number of fused-ring (bicyclic) bond motifs is 7. The molecular weight excluding hydrogens is 735 g/mol. The minimum absolute atomic E-state index is 0.477. The van der Waals surface area contributed by atoms with Crippen LogP contribution in [0.1, 0.15) is 44.5 Å². The summed E-state index contributed by atoms with van der Waals surface area (Å²) in [5.74, 6) is 0. The van der Waals surface area contributed by atoms with Gasteiger partial charge in [-0.3, -0.25) is 0 Å². The molecule has 1 nitrogen and oxygen atoms in total. The van der Waals surface area contributed by atoms with Crippen molar-refractivity contribution in [2.45, 2.75) is 10.8 Å². The predicted octanol–water partition coefficient (Wildman–Crippen LogP) is 15.0. The van der Waals surface area contributed by atoms with Crippen LogP contribution in [0.15, 0.2) is 249 Å². The molecule has 0 bridgehead atoms. The molecule has 61 heavy (non-hydrogen) atoms. The minimum atomic E-state index is -0.517. The predicted molar refractivity (Wildman–Crippen MR) is 253 cm³/mol. The molecule has 12 rings (SSSR count). The first-order valence-corrected chi connectivity index (χ1v) is 21.3. The molecule has 0 amide bonds. The van der Waals surface area contributed by atoms with Gasteiger partial charge >= 0.3 is 0 Å². The summed E-state index contributed by atoms with van der Waals surface area (Å²) in [6.07, 6.45) is 0. The van der Waals surface area contributed by atoms with Crippen LogP contribution < -0.4 is 4.90 Å². The summed E-state index contributed by atoms with van der Waals surface area (Å²) < 4.78 is 0. The topological polar surface area (TPSA) is 3.24 Å². The van der Waals surface area contributed by atoms with E-state index in [0.717, 1.165) is 17.1 Å². The number of rotatable bonds is 7. The van der Waals surface area contributed by atoms with Crippen LogP contribution in [0.25, 0.3) is 33.0 Å². The summed E-state index contributed by atoms with van der Waals surface area (Å²) in [7, 11) is 0. The Hall–Kier alpha value is -7.74. The maximum atomic E-state index is 2.54. The Kier molecular flexibility index (Phi) is 8.05. The lowest BCUT2D eigenvalue weighted by Crippen LogP contribution is -2.28. The molecular formula is C60H41N. The zero-order valence-electron chi connectivity index (χ0n) is 33.6. The highest BCUT2D eigenvalue weighted by Gasteiger charge is 2.48. The van der Waals surface area contributed by atoms with Gasteiger partial charge in [-0.2, -0.15) is 0 Å². The molecule has 0 saturated carbocycles. The van der Waals surface area contributed by atoms with Crippen molar-refractivity contribution in [3.05, 3.63) is 293 Å². The smallest absolute Gasteiger partial charge is 0.0714 e. The van der Waals surface area contributed by atoms with Crippen LogP contribution in [0.3, 0.4) is 0 Å². The van der Waals surface area contributed by atoms with E-state index in [-0.39, 0.29) is 0 Å². The molecule has 286 valence electrons. The average molecular weight is 776 g/mol. The molecule has 10 aromatic rings. The van der Waals surface area contributed by atoms with Gasteiger partial charge in [-0.25, -0.2) is 0 Å². The lowest BCUT2D eigenvalue weighted by Gasteiger charge is -2.35. The zero-order chi connectivity index (χ0) is 40.4. The molecule has 0 fully saturated rings. The van der Waals surface area contributed by atoms with Crippen LogP contribution >= 0.6 is 0 Å². The van der Waals surface area contributed by atoms with Gasteiger partial charge < -0.3 is 4.90 Å². The standard InChI is InChI=1S/C60H41N/c1-5-23-43(24-6-1)59(44-25-7-2-8-26-44)52-34-17-15-32-49(52)51-41-47(39-40-54(51)59)61(56-37-19-22-42-21-13-14-31-48(42)56)57-38-20-36-55-58(57)50-33-16-18-35-53(50)60(55,45-27-9-3-10-28-45)46-29-11-4-12-30-46/h1-41H. The van der Waals surface area contributed by atoms with Crippen molar-refractivity contribution in [2.24, 2.45) is 0 Å². The summed E-state index contributed by atoms with van der Waals surface area (Å²) in [5.41, 5.74) is 17.7. The lowest BCUT2D eigenvalue weighted by atomic mass is 9.67. The second-order valence-corrected chi connectivity index (χ2v) is 16.3. The first kappa shape index (κ1) is 35.2. The molecule has 0 aromatic heterocycles. The average Bonchev–Trinajstić information content (AvgIpc) is 3.82. The summed E-state index contributed by atoms with van der Waals surface area (Å²) >= 11 is 0. The lowest BCUT2D eigenvalue weighted by molar-refractivity contribution is 0.768. The summed E-state index contributed by atoms with van der Waals surface area (Å²) in [6.45, 7) is 0. The van der Waals surface area contributed by atoms with E-state index in [0.29, 0.717) is 0 Å². The van der Waals surface area contributed by atoms with Gasteiger partial charge in [-0.05, 0) is 90.8 Å². The van der Waals surface area contributed by atoms with Crippen LogP contribution in [-0.2, 0) is 10.8 Å². The van der Waals surface area contributed by atoms with Gasteiger partial charge in [0.25, 0.3) is 0 Å². The first-order chi connectivity index (χ1) is 30.3. The van der Waals surface area contributed by atoms with E-state index >= 15 is 0 Å². The van der Waals surface area contributed by atoms with E-state index in [4.69, 9.17) is 0 Å². The van der Waals surface area contributed by atoms with Crippen molar-refractivity contribution in [1.29, 1.82) is 0 Å². The van der Waals surface area contributed by atoms with Crippen LogP contribution in [0.2, 0.25) is 0 Å². The van der Waals surface area contributed by atoms with Gasteiger partial charge in [0.05, 0.1) is 22.2 Å². The minimum Gasteiger partial charge on any atom is -0.309 e.